The maximum Gasteiger partial charge on any atom is 0.280 e. The van der Waals surface area contributed by atoms with Crippen molar-refractivity contribution in [2.45, 2.75) is 25.2 Å². The minimum Gasteiger partial charge on any atom is -0.392 e. The highest BCUT2D eigenvalue weighted by molar-refractivity contribution is 7.90. The molecule has 0 fully saturated rings. The minimum absolute atomic E-state index is 0.107. The average molecular weight is 266 g/mol. The van der Waals surface area contributed by atoms with Crippen LogP contribution in [0.15, 0.2) is 6.20 Å². The van der Waals surface area contributed by atoms with Gasteiger partial charge in [-0.15, -0.1) is 0 Å². The third kappa shape index (κ3) is 3.16. The number of aliphatic hydroxyl groups is 1. The van der Waals surface area contributed by atoms with Gasteiger partial charge in [0.1, 0.15) is 16.8 Å². The molecule has 1 rings (SSSR count). The molecule has 17 heavy (non-hydrogen) atoms. The van der Waals surface area contributed by atoms with Crippen LogP contribution in [0.25, 0.3) is 0 Å². The zero-order chi connectivity index (χ0) is 13.2. The van der Waals surface area contributed by atoms with Crippen LogP contribution in [0.5, 0.6) is 0 Å². The predicted molar refractivity (Wildman–Crippen MR) is 56.2 cm³/mol. The first kappa shape index (κ1) is 13.9. The molecule has 0 amide bonds. The zero-order valence-corrected chi connectivity index (χ0v) is 10.1. The van der Waals surface area contributed by atoms with Crippen molar-refractivity contribution in [1.29, 1.82) is 0 Å². The number of alkyl halides is 2. The van der Waals surface area contributed by atoms with Crippen LogP contribution in [0.2, 0.25) is 0 Å². The summed E-state index contributed by atoms with van der Waals surface area (Å²) in [5.41, 5.74) is -0.738. The molecular weight excluding hydrogens is 254 g/mol. The van der Waals surface area contributed by atoms with Crippen molar-refractivity contribution in [1.82, 2.24) is 9.97 Å². The van der Waals surface area contributed by atoms with Gasteiger partial charge < -0.3 is 5.11 Å². The SMILES string of the molecule is CC(c1ncc(CO)c(C(F)F)n1)S(C)(=O)=O. The summed E-state index contributed by atoms with van der Waals surface area (Å²) in [6, 6.07) is 0. The van der Waals surface area contributed by atoms with Gasteiger partial charge in [-0.05, 0) is 6.92 Å². The van der Waals surface area contributed by atoms with E-state index in [1.54, 1.807) is 0 Å². The Bertz CT molecular complexity index is 505. The molecule has 0 aliphatic carbocycles. The molecular formula is C9H12F2N2O3S. The Morgan fingerprint density at radius 2 is 2.06 bits per heavy atom. The number of hydrogen-bond acceptors (Lipinski definition) is 5. The summed E-state index contributed by atoms with van der Waals surface area (Å²) in [5.74, 6) is -0.194. The number of aromatic nitrogens is 2. The van der Waals surface area contributed by atoms with E-state index < -0.39 is 33.8 Å². The zero-order valence-electron chi connectivity index (χ0n) is 9.26. The van der Waals surface area contributed by atoms with Gasteiger partial charge in [0.2, 0.25) is 0 Å². The molecule has 0 saturated carbocycles. The van der Waals surface area contributed by atoms with Gasteiger partial charge in [0.05, 0.1) is 6.61 Å². The smallest absolute Gasteiger partial charge is 0.280 e. The summed E-state index contributed by atoms with van der Waals surface area (Å²) >= 11 is 0. The van der Waals surface area contributed by atoms with Gasteiger partial charge in [-0.1, -0.05) is 0 Å². The monoisotopic (exact) mass is 266 g/mol. The molecule has 96 valence electrons. The molecule has 8 heteroatoms. The summed E-state index contributed by atoms with van der Waals surface area (Å²) < 4.78 is 47.7. The quantitative estimate of drug-likeness (QED) is 0.879. The van der Waals surface area contributed by atoms with E-state index in [-0.39, 0.29) is 11.4 Å². The topological polar surface area (TPSA) is 80.2 Å². The van der Waals surface area contributed by atoms with Gasteiger partial charge in [0.15, 0.2) is 9.84 Å². The van der Waals surface area contributed by atoms with Gasteiger partial charge in [0, 0.05) is 18.0 Å². The van der Waals surface area contributed by atoms with Crippen molar-refractivity contribution in [2.24, 2.45) is 0 Å². The summed E-state index contributed by atoms with van der Waals surface area (Å²) in [6.07, 6.45) is -0.889. The lowest BCUT2D eigenvalue weighted by atomic mass is 10.2. The third-order valence-corrected chi connectivity index (χ3v) is 3.79. The highest BCUT2D eigenvalue weighted by Gasteiger charge is 2.23. The van der Waals surface area contributed by atoms with E-state index in [4.69, 9.17) is 5.11 Å². The fraction of sp³-hybridized carbons (Fsp3) is 0.556. The third-order valence-electron chi connectivity index (χ3n) is 2.30. The highest BCUT2D eigenvalue weighted by Crippen LogP contribution is 2.24. The molecule has 1 N–H and O–H groups in total. The lowest BCUT2D eigenvalue weighted by molar-refractivity contribution is 0.141. The molecule has 0 aliphatic rings. The molecule has 1 aromatic heterocycles. The van der Waals surface area contributed by atoms with Crippen molar-refractivity contribution in [3.63, 3.8) is 0 Å². The van der Waals surface area contributed by atoms with E-state index in [1.807, 2.05) is 0 Å². The van der Waals surface area contributed by atoms with E-state index in [0.717, 1.165) is 12.5 Å². The summed E-state index contributed by atoms with van der Waals surface area (Å²) in [7, 11) is -3.45. The van der Waals surface area contributed by atoms with E-state index in [9.17, 15) is 17.2 Å². The Balaban J connectivity index is 3.26. The molecule has 1 unspecified atom stereocenters. The number of nitrogens with zero attached hydrogens (tertiary/aromatic N) is 2. The number of rotatable bonds is 4. The summed E-state index contributed by atoms with van der Waals surface area (Å²) in [4.78, 5) is 7.18. The molecule has 1 aromatic rings. The lowest BCUT2D eigenvalue weighted by Crippen LogP contribution is -2.14. The van der Waals surface area contributed by atoms with Crippen LogP contribution < -0.4 is 0 Å². The van der Waals surface area contributed by atoms with Crippen molar-refractivity contribution >= 4 is 9.84 Å². The van der Waals surface area contributed by atoms with Crippen LogP contribution in [0.4, 0.5) is 8.78 Å². The van der Waals surface area contributed by atoms with Crippen LogP contribution in [0, 0.1) is 0 Å². The first-order valence-corrected chi connectivity index (χ1v) is 6.66. The Labute approximate surface area is 97.4 Å². The van der Waals surface area contributed by atoms with Gasteiger partial charge in [0.25, 0.3) is 6.43 Å². The van der Waals surface area contributed by atoms with E-state index in [2.05, 4.69) is 9.97 Å². The molecule has 1 heterocycles. The Morgan fingerprint density at radius 1 is 1.47 bits per heavy atom. The number of halogens is 2. The fourth-order valence-electron chi connectivity index (χ4n) is 1.13. The normalized spacial score (nSPS) is 14.0. The second-order valence-electron chi connectivity index (χ2n) is 3.57. The summed E-state index contributed by atoms with van der Waals surface area (Å²) in [6.45, 7) is 0.700. The molecule has 5 nitrogen and oxygen atoms in total. The first-order valence-electron chi connectivity index (χ1n) is 4.71. The van der Waals surface area contributed by atoms with Crippen LogP contribution >= 0.6 is 0 Å². The van der Waals surface area contributed by atoms with Crippen LogP contribution in [-0.4, -0.2) is 29.7 Å². The molecule has 1 atom stereocenters. The molecule has 0 aromatic carbocycles. The Kier molecular flexibility index (Phi) is 4.10. The highest BCUT2D eigenvalue weighted by atomic mass is 32.2. The predicted octanol–water partition coefficient (Wildman–Crippen LogP) is 1.01. The lowest BCUT2D eigenvalue weighted by Gasteiger charge is -2.11. The second-order valence-corrected chi connectivity index (χ2v) is 5.94. The van der Waals surface area contributed by atoms with E-state index in [0.29, 0.717) is 0 Å². The fourth-order valence-corrected chi connectivity index (χ4v) is 1.63. The molecule has 0 radical (unpaired) electrons. The van der Waals surface area contributed by atoms with Crippen molar-refractivity contribution in [3.8, 4) is 0 Å². The van der Waals surface area contributed by atoms with E-state index in [1.165, 1.54) is 6.92 Å². The number of aliphatic hydroxyl groups excluding tert-OH is 1. The van der Waals surface area contributed by atoms with E-state index >= 15 is 0 Å². The average Bonchev–Trinajstić information content (AvgIpc) is 2.25. The molecule has 0 bridgehead atoms. The van der Waals surface area contributed by atoms with Crippen LogP contribution in [0.1, 0.15) is 35.7 Å². The Hall–Kier alpha value is -1.15. The van der Waals surface area contributed by atoms with Gasteiger partial charge in [-0.3, -0.25) is 0 Å². The number of sulfone groups is 1. The maximum absolute atomic E-state index is 12.6. The second kappa shape index (κ2) is 5.01. The Morgan fingerprint density at radius 3 is 2.47 bits per heavy atom. The maximum atomic E-state index is 12.6. The number of hydrogen-bond donors (Lipinski definition) is 1. The molecule has 0 aliphatic heterocycles. The first-order chi connectivity index (χ1) is 7.77. The molecule has 0 spiro atoms. The van der Waals surface area contributed by atoms with Crippen LogP contribution in [-0.2, 0) is 16.4 Å². The molecule has 0 saturated heterocycles. The van der Waals surface area contributed by atoms with Crippen molar-refractivity contribution < 1.29 is 22.3 Å². The van der Waals surface area contributed by atoms with Gasteiger partial charge >= 0.3 is 0 Å². The van der Waals surface area contributed by atoms with Gasteiger partial charge in [-0.25, -0.2) is 27.2 Å². The summed E-state index contributed by atoms with van der Waals surface area (Å²) in [5, 5.41) is 7.76. The van der Waals surface area contributed by atoms with Crippen LogP contribution in [0.3, 0.4) is 0 Å². The van der Waals surface area contributed by atoms with Crippen molar-refractivity contribution in [3.05, 3.63) is 23.3 Å². The standard InChI is InChI=1S/C9H12F2N2O3S/c1-5(17(2,15)16)9-12-3-6(4-14)7(13-9)8(10)11/h3,5,8,14H,4H2,1-2H3. The van der Waals surface area contributed by atoms with Gasteiger partial charge in [-0.2, -0.15) is 0 Å². The van der Waals surface area contributed by atoms with Crippen molar-refractivity contribution in [2.75, 3.05) is 6.26 Å². The minimum atomic E-state index is -3.45. The largest absolute Gasteiger partial charge is 0.392 e.